The van der Waals surface area contributed by atoms with Gasteiger partial charge in [0.2, 0.25) is 0 Å². The standard InChI is InChI=1S/C26H26ClFN4O2/c1-15(2)13-21-22-23(30-29-21)26(34)32(24(22)19-10-7-17(28)14-20(19)27)18-8-5-16(6-9-18)25(33)31-11-3-4-12-31/h5-10,14-15,24H,3-4,11-13H2,1-2H3,(H,29,30). The van der Waals surface area contributed by atoms with Crippen LogP contribution in [0.5, 0.6) is 0 Å². The van der Waals surface area contributed by atoms with Crippen LogP contribution in [0.15, 0.2) is 42.5 Å². The molecule has 2 aliphatic heterocycles. The van der Waals surface area contributed by atoms with E-state index in [0.29, 0.717) is 34.8 Å². The number of hydrogen-bond donors (Lipinski definition) is 1. The SMILES string of the molecule is CC(C)Cc1n[nH]c2c1C(c1ccc(F)cc1Cl)N(c1ccc(C(=O)N3CCCC3)cc1)C2=O. The first-order chi connectivity index (χ1) is 16.3. The summed E-state index contributed by atoms with van der Waals surface area (Å²) in [4.78, 5) is 29.8. The molecule has 1 atom stereocenters. The smallest absolute Gasteiger partial charge is 0.277 e. The summed E-state index contributed by atoms with van der Waals surface area (Å²) in [6, 6.07) is 10.8. The summed E-state index contributed by atoms with van der Waals surface area (Å²) in [5.74, 6) is -0.342. The number of aromatic nitrogens is 2. The zero-order chi connectivity index (χ0) is 24.0. The number of fused-ring (bicyclic) bond motifs is 1. The van der Waals surface area contributed by atoms with Crippen LogP contribution in [0.25, 0.3) is 0 Å². The van der Waals surface area contributed by atoms with Crippen LogP contribution in [-0.4, -0.2) is 40.0 Å². The molecule has 3 aromatic rings. The van der Waals surface area contributed by atoms with Gasteiger partial charge in [-0.1, -0.05) is 31.5 Å². The number of aromatic amines is 1. The molecule has 8 heteroatoms. The topological polar surface area (TPSA) is 69.3 Å². The summed E-state index contributed by atoms with van der Waals surface area (Å²) in [5, 5.41) is 7.58. The fourth-order valence-corrected chi connectivity index (χ4v) is 5.18. The molecule has 0 bridgehead atoms. The second-order valence-electron chi connectivity index (χ2n) is 9.35. The maximum absolute atomic E-state index is 13.8. The number of H-pyrrole nitrogens is 1. The number of halogens is 2. The largest absolute Gasteiger partial charge is 0.339 e. The average molecular weight is 481 g/mol. The minimum Gasteiger partial charge on any atom is -0.339 e. The predicted octanol–water partition coefficient (Wildman–Crippen LogP) is 5.39. The van der Waals surface area contributed by atoms with Crippen LogP contribution >= 0.6 is 11.6 Å². The molecule has 1 aromatic heterocycles. The van der Waals surface area contributed by atoms with Gasteiger partial charge in [-0.05, 0) is 67.1 Å². The number of likely N-dealkylation sites (tertiary alicyclic amines) is 1. The summed E-state index contributed by atoms with van der Waals surface area (Å²) >= 11 is 6.48. The molecule has 0 spiro atoms. The van der Waals surface area contributed by atoms with E-state index in [4.69, 9.17) is 11.6 Å². The Morgan fingerprint density at radius 2 is 1.88 bits per heavy atom. The van der Waals surface area contributed by atoms with Crippen molar-refractivity contribution < 1.29 is 14.0 Å². The lowest BCUT2D eigenvalue weighted by Gasteiger charge is -2.27. The number of amides is 2. The van der Waals surface area contributed by atoms with Gasteiger partial charge in [0.05, 0.1) is 11.7 Å². The summed E-state index contributed by atoms with van der Waals surface area (Å²) in [6.07, 6.45) is 2.74. The number of hydrogen-bond acceptors (Lipinski definition) is 3. The van der Waals surface area contributed by atoms with Gasteiger partial charge in [0.1, 0.15) is 11.5 Å². The van der Waals surface area contributed by atoms with Crippen molar-refractivity contribution in [2.45, 2.75) is 39.2 Å². The highest BCUT2D eigenvalue weighted by Crippen LogP contribution is 2.45. The number of carbonyl (C=O) groups excluding carboxylic acids is 2. The lowest BCUT2D eigenvalue weighted by Crippen LogP contribution is -2.30. The Balaban J connectivity index is 1.57. The number of nitrogens with zero attached hydrogens (tertiary/aromatic N) is 3. The predicted molar refractivity (Wildman–Crippen MR) is 129 cm³/mol. The van der Waals surface area contributed by atoms with Crippen molar-refractivity contribution in [1.82, 2.24) is 15.1 Å². The molecule has 1 unspecified atom stereocenters. The molecule has 176 valence electrons. The fourth-order valence-electron chi connectivity index (χ4n) is 4.91. The Labute approximate surface area is 202 Å². The quantitative estimate of drug-likeness (QED) is 0.532. The van der Waals surface area contributed by atoms with Crippen molar-refractivity contribution in [2.75, 3.05) is 18.0 Å². The lowest BCUT2D eigenvalue weighted by atomic mass is 9.95. The minimum absolute atomic E-state index is 0.00330. The molecule has 0 radical (unpaired) electrons. The van der Waals surface area contributed by atoms with Crippen LogP contribution in [0.2, 0.25) is 5.02 Å². The van der Waals surface area contributed by atoms with E-state index in [0.717, 1.165) is 37.2 Å². The second kappa shape index (κ2) is 8.87. The molecule has 1 N–H and O–H groups in total. The normalized spacial score (nSPS) is 17.7. The molecule has 5 rings (SSSR count). The summed E-state index contributed by atoms with van der Waals surface area (Å²) in [6.45, 7) is 5.73. The molecule has 0 aliphatic carbocycles. The van der Waals surface area contributed by atoms with E-state index in [1.54, 1.807) is 35.2 Å². The fraction of sp³-hybridized carbons (Fsp3) is 0.346. The van der Waals surface area contributed by atoms with Crippen molar-refractivity contribution in [3.05, 3.63) is 81.4 Å². The van der Waals surface area contributed by atoms with Crippen molar-refractivity contribution in [2.24, 2.45) is 5.92 Å². The van der Waals surface area contributed by atoms with E-state index in [1.165, 1.54) is 12.1 Å². The molecule has 0 saturated carbocycles. The number of rotatable bonds is 5. The number of carbonyl (C=O) groups is 2. The van der Waals surface area contributed by atoms with Gasteiger partial charge < -0.3 is 4.90 Å². The molecule has 1 fully saturated rings. The van der Waals surface area contributed by atoms with Crippen LogP contribution < -0.4 is 4.90 Å². The highest BCUT2D eigenvalue weighted by Gasteiger charge is 2.43. The third-order valence-electron chi connectivity index (χ3n) is 6.49. The maximum Gasteiger partial charge on any atom is 0.277 e. The van der Waals surface area contributed by atoms with E-state index in [1.807, 2.05) is 4.90 Å². The first kappa shape index (κ1) is 22.6. The lowest BCUT2D eigenvalue weighted by molar-refractivity contribution is 0.0792. The Bertz CT molecular complexity index is 1250. The highest BCUT2D eigenvalue weighted by molar-refractivity contribution is 6.31. The van der Waals surface area contributed by atoms with Gasteiger partial charge in [-0.2, -0.15) is 5.10 Å². The molecule has 2 amide bonds. The van der Waals surface area contributed by atoms with Crippen molar-refractivity contribution in [3.8, 4) is 0 Å². The molecule has 34 heavy (non-hydrogen) atoms. The molecule has 3 heterocycles. The second-order valence-corrected chi connectivity index (χ2v) is 9.75. The van der Waals surface area contributed by atoms with Crippen molar-refractivity contribution in [1.29, 1.82) is 0 Å². The zero-order valence-electron chi connectivity index (χ0n) is 19.1. The first-order valence-corrected chi connectivity index (χ1v) is 12.0. The van der Waals surface area contributed by atoms with Crippen LogP contribution in [0.4, 0.5) is 10.1 Å². The van der Waals surface area contributed by atoms with Gasteiger partial charge in [-0.3, -0.25) is 19.6 Å². The van der Waals surface area contributed by atoms with Gasteiger partial charge in [-0.25, -0.2) is 4.39 Å². The van der Waals surface area contributed by atoms with E-state index < -0.39 is 11.9 Å². The van der Waals surface area contributed by atoms with E-state index in [2.05, 4.69) is 24.0 Å². The highest BCUT2D eigenvalue weighted by atomic mass is 35.5. The van der Waals surface area contributed by atoms with Crippen LogP contribution in [0, 0.1) is 11.7 Å². The Kier molecular flexibility index (Phi) is 5.90. The number of benzene rings is 2. The van der Waals surface area contributed by atoms with Gasteiger partial charge in [-0.15, -0.1) is 0 Å². The molecule has 6 nitrogen and oxygen atoms in total. The maximum atomic E-state index is 13.8. The molecular formula is C26H26ClFN4O2. The Hall–Kier alpha value is -3.19. The zero-order valence-corrected chi connectivity index (χ0v) is 19.9. The monoisotopic (exact) mass is 480 g/mol. The van der Waals surface area contributed by atoms with E-state index in [-0.39, 0.29) is 16.8 Å². The average Bonchev–Trinajstić information content (AvgIpc) is 3.53. The van der Waals surface area contributed by atoms with Crippen LogP contribution in [0.3, 0.4) is 0 Å². The van der Waals surface area contributed by atoms with Gasteiger partial charge in [0.25, 0.3) is 11.8 Å². The molecule has 1 saturated heterocycles. The summed E-state index contributed by atoms with van der Waals surface area (Å²) in [7, 11) is 0. The molecule has 2 aromatic carbocycles. The third-order valence-corrected chi connectivity index (χ3v) is 6.82. The first-order valence-electron chi connectivity index (χ1n) is 11.6. The minimum atomic E-state index is -0.553. The van der Waals surface area contributed by atoms with Gasteiger partial charge >= 0.3 is 0 Å². The Morgan fingerprint density at radius 1 is 1.18 bits per heavy atom. The summed E-state index contributed by atoms with van der Waals surface area (Å²) in [5.41, 5.74) is 3.83. The Morgan fingerprint density at radius 3 is 2.53 bits per heavy atom. The summed E-state index contributed by atoms with van der Waals surface area (Å²) < 4.78 is 13.8. The third kappa shape index (κ3) is 3.88. The van der Waals surface area contributed by atoms with Crippen LogP contribution in [0.1, 0.15) is 70.4 Å². The van der Waals surface area contributed by atoms with Gasteiger partial charge in [0.15, 0.2) is 0 Å². The van der Waals surface area contributed by atoms with E-state index >= 15 is 0 Å². The van der Waals surface area contributed by atoms with Crippen LogP contribution in [-0.2, 0) is 6.42 Å². The van der Waals surface area contributed by atoms with Gasteiger partial charge in [0, 0.05) is 34.9 Å². The van der Waals surface area contributed by atoms with Crippen molar-refractivity contribution in [3.63, 3.8) is 0 Å². The molecular weight excluding hydrogens is 455 g/mol. The number of nitrogens with one attached hydrogen (secondary N) is 1. The molecule has 2 aliphatic rings. The van der Waals surface area contributed by atoms with Crippen molar-refractivity contribution >= 4 is 29.1 Å². The van der Waals surface area contributed by atoms with E-state index in [9.17, 15) is 14.0 Å². The number of anilines is 1.